The van der Waals surface area contributed by atoms with Crippen LogP contribution in [0.3, 0.4) is 0 Å². The quantitative estimate of drug-likeness (QED) is 0.852. The van der Waals surface area contributed by atoms with Crippen LogP contribution < -0.4 is 5.14 Å². The number of carboxylic acid groups (broad SMARTS) is 1. The molecule has 0 saturated heterocycles. The van der Waals surface area contributed by atoms with Gasteiger partial charge in [0.1, 0.15) is 5.56 Å². The standard InChI is InChI=1S/C11H8NO5S/c12-18(16,17)7-2-3-8-6(5-7)1-4-9(13)10(8)11(14)15/h1-5H,(H,14,15)(H2,12,16,17). The fourth-order valence-electron chi connectivity index (χ4n) is 1.69. The van der Waals surface area contributed by atoms with Crippen LogP contribution in [-0.2, 0) is 15.1 Å². The lowest BCUT2D eigenvalue weighted by Crippen LogP contribution is -2.12. The van der Waals surface area contributed by atoms with Gasteiger partial charge >= 0.3 is 5.97 Å². The van der Waals surface area contributed by atoms with Gasteiger partial charge in [-0.15, -0.1) is 0 Å². The molecule has 93 valence electrons. The molecule has 6 nitrogen and oxygen atoms in total. The van der Waals surface area contributed by atoms with Crippen molar-refractivity contribution in [1.29, 1.82) is 0 Å². The van der Waals surface area contributed by atoms with Crippen LogP contribution >= 0.6 is 0 Å². The fraction of sp³-hybridized carbons (Fsp3) is 0. The van der Waals surface area contributed by atoms with Crippen molar-refractivity contribution in [3.63, 3.8) is 0 Å². The Hall–Kier alpha value is -2.12. The van der Waals surface area contributed by atoms with Crippen LogP contribution in [0.2, 0.25) is 0 Å². The second kappa shape index (κ2) is 3.97. The van der Waals surface area contributed by atoms with E-state index in [0.29, 0.717) is 5.39 Å². The Bertz CT molecular complexity index is 751. The molecule has 0 heterocycles. The molecular formula is C11H8NO5S. The summed E-state index contributed by atoms with van der Waals surface area (Å²) in [6.07, 6.45) is 0. The highest BCUT2D eigenvalue weighted by molar-refractivity contribution is 7.89. The number of sulfonamides is 1. The highest BCUT2D eigenvalue weighted by Gasteiger charge is 2.17. The van der Waals surface area contributed by atoms with E-state index < -0.39 is 21.7 Å². The number of hydrogen-bond donors (Lipinski definition) is 2. The molecule has 2 rings (SSSR count). The van der Waals surface area contributed by atoms with Crippen LogP contribution in [0.15, 0.2) is 35.2 Å². The smallest absolute Gasteiger partial charge is 0.340 e. The van der Waals surface area contributed by atoms with Crippen LogP contribution in [0.4, 0.5) is 0 Å². The van der Waals surface area contributed by atoms with Gasteiger partial charge in [-0.3, -0.25) is 5.11 Å². The lowest BCUT2D eigenvalue weighted by molar-refractivity contribution is 0.0694. The highest BCUT2D eigenvalue weighted by Crippen LogP contribution is 2.29. The van der Waals surface area contributed by atoms with E-state index in [1.54, 1.807) is 0 Å². The first-order chi connectivity index (χ1) is 8.30. The molecule has 2 aromatic rings. The van der Waals surface area contributed by atoms with Gasteiger partial charge in [0.15, 0.2) is 5.75 Å². The van der Waals surface area contributed by atoms with Gasteiger partial charge in [0.25, 0.3) is 0 Å². The van der Waals surface area contributed by atoms with E-state index in [1.807, 2.05) is 0 Å². The molecule has 7 heteroatoms. The normalized spacial score (nSPS) is 11.6. The van der Waals surface area contributed by atoms with Gasteiger partial charge in [-0.1, -0.05) is 12.1 Å². The number of rotatable bonds is 2. The molecule has 18 heavy (non-hydrogen) atoms. The number of nitrogens with two attached hydrogens (primary N) is 1. The Balaban J connectivity index is 2.84. The van der Waals surface area contributed by atoms with Gasteiger partial charge in [0.05, 0.1) is 4.90 Å². The van der Waals surface area contributed by atoms with Crippen LogP contribution in [0.25, 0.3) is 10.8 Å². The number of carbonyl (C=O) groups is 1. The number of fused-ring (bicyclic) bond motifs is 1. The topological polar surface area (TPSA) is 117 Å². The van der Waals surface area contributed by atoms with Gasteiger partial charge in [-0.25, -0.2) is 18.4 Å². The van der Waals surface area contributed by atoms with E-state index in [9.17, 15) is 18.3 Å². The van der Waals surface area contributed by atoms with Crippen LogP contribution in [0.5, 0.6) is 5.75 Å². The van der Waals surface area contributed by atoms with Crippen molar-refractivity contribution in [2.45, 2.75) is 4.90 Å². The van der Waals surface area contributed by atoms with Gasteiger partial charge in [0, 0.05) is 5.39 Å². The average Bonchev–Trinajstić information content (AvgIpc) is 2.26. The molecule has 0 fully saturated rings. The Morgan fingerprint density at radius 2 is 1.83 bits per heavy atom. The zero-order valence-corrected chi connectivity index (χ0v) is 9.77. The third-order valence-corrected chi connectivity index (χ3v) is 3.41. The van der Waals surface area contributed by atoms with Crippen molar-refractivity contribution in [3.05, 3.63) is 35.9 Å². The molecule has 0 aromatic heterocycles. The van der Waals surface area contributed by atoms with E-state index in [2.05, 4.69) is 0 Å². The van der Waals surface area contributed by atoms with E-state index in [-0.39, 0.29) is 15.8 Å². The van der Waals surface area contributed by atoms with Gasteiger partial charge in [0.2, 0.25) is 10.0 Å². The average molecular weight is 266 g/mol. The molecular weight excluding hydrogens is 258 g/mol. The SMILES string of the molecule is NS(=O)(=O)c1ccc2c(C(=O)O)c([O])ccc2c1. The summed E-state index contributed by atoms with van der Waals surface area (Å²) in [4.78, 5) is 10.8. The molecule has 2 aromatic carbocycles. The number of benzene rings is 2. The lowest BCUT2D eigenvalue weighted by Gasteiger charge is -2.05. The second-order valence-electron chi connectivity index (χ2n) is 3.67. The van der Waals surface area contributed by atoms with Crippen molar-refractivity contribution >= 4 is 26.8 Å². The second-order valence-corrected chi connectivity index (χ2v) is 5.23. The molecule has 0 atom stereocenters. The van der Waals surface area contributed by atoms with Crippen molar-refractivity contribution in [3.8, 4) is 5.75 Å². The van der Waals surface area contributed by atoms with Crippen LogP contribution in [-0.4, -0.2) is 19.5 Å². The molecule has 0 bridgehead atoms. The van der Waals surface area contributed by atoms with E-state index in [1.165, 1.54) is 24.3 Å². The molecule has 0 saturated carbocycles. The summed E-state index contributed by atoms with van der Waals surface area (Å²) in [6.45, 7) is 0. The maximum atomic E-state index is 11.4. The van der Waals surface area contributed by atoms with Crippen molar-refractivity contribution in [2.75, 3.05) is 0 Å². The minimum absolute atomic E-state index is 0.134. The van der Waals surface area contributed by atoms with E-state index in [0.717, 1.165) is 6.07 Å². The highest BCUT2D eigenvalue weighted by atomic mass is 32.2. The summed E-state index contributed by atoms with van der Waals surface area (Å²) in [5.74, 6) is -1.98. The summed E-state index contributed by atoms with van der Waals surface area (Å²) in [7, 11) is -3.86. The zero-order chi connectivity index (χ0) is 13.5. The summed E-state index contributed by atoms with van der Waals surface area (Å²) in [5.41, 5.74) is -0.381. The predicted molar refractivity (Wildman–Crippen MR) is 62.4 cm³/mol. The third kappa shape index (κ3) is 2.01. The van der Waals surface area contributed by atoms with Crippen molar-refractivity contribution in [1.82, 2.24) is 0 Å². The lowest BCUT2D eigenvalue weighted by atomic mass is 10.0. The Kier molecular flexibility index (Phi) is 2.72. The summed E-state index contributed by atoms with van der Waals surface area (Å²) >= 11 is 0. The number of aromatic carboxylic acids is 1. The Morgan fingerprint density at radius 3 is 2.39 bits per heavy atom. The van der Waals surface area contributed by atoms with Gasteiger partial charge in [-0.05, 0) is 23.6 Å². The molecule has 0 spiro atoms. The molecule has 0 amide bonds. The fourth-order valence-corrected chi connectivity index (χ4v) is 2.23. The molecule has 0 aliphatic carbocycles. The summed E-state index contributed by atoms with van der Waals surface area (Å²) < 4.78 is 22.3. The van der Waals surface area contributed by atoms with Gasteiger partial charge < -0.3 is 5.11 Å². The molecule has 0 aliphatic heterocycles. The Labute approximate surface area is 102 Å². The van der Waals surface area contributed by atoms with Crippen LogP contribution in [0, 0.1) is 0 Å². The van der Waals surface area contributed by atoms with Crippen LogP contribution in [0.1, 0.15) is 10.4 Å². The number of carboxylic acids is 1. The predicted octanol–water partition coefficient (Wildman–Crippen LogP) is 1.33. The number of primary sulfonamides is 1. The van der Waals surface area contributed by atoms with E-state index >= 15 is 0 Å². The van der Waals surface area contributed by atoms with Crippen molar-refractivity contribution < 1.29 is 23.4 Å². The number of hydrogen-bond acceptors (Lipinski definition) is 3. The molecule has 0 aliphatic rings. The van der Waals surface area contributed by atoms with Crippen molar-refractivity contribution in [2.24, 2.45) is 5.14 Å². The third-order valence-electron chi connectivity index (χ3n) is 2.50. The minimum atomic E-state index is -3.86. The molecule has 0 unspecified atom stereocenters. The Morgan fingerprint density at radius 1 is 1.17 bits per heavy atom. The first-order valence-corrected chi connectivity index (χ1v) is 6.35. The minimum Gasteiger partial charge on any atom is -0.478 e. The first kappa shape index (κ1) is 12.3. The monoisotopic (exact) mass is 266 g/mol. The first-order valence-electron chi connectivity index (χ1n) is 4.80. The van der Waals surface area contributed by atoms with Gasteiger partial charge in [-0.2, -0.15) is 0 Å². The summed E-state index contributed by atoms with van der Waals surface area (Å²) in [6, 6.07) is 6.11. The maximum absolute atomic E-state index is 11.4. The largest absolute Gasteiger partial charge is 0.478 e. The molecule has 3 N–H and O–H groups in total. The summed E-state index contributed by atoms with van der Waals surface area (Å²) in [5, 5.41) is 25.9. The zero-order valence-electron chi connectivity index (χ0n) is 8.95. The maximum Gasteiger partial charge on any atom is 0.340 e. The molecule has 1 radical (unpaired) electrons. The van der Waals surface area contributed by atoms with E-state index in [4.69, 9.17) is 10.2 Å².